The first-order valence-electron chi connectivity index (χ1n) is 6.50. The lowest BCUT2D eigenvalue weighted by Gasteiger charge is -2.03. The predicted molar refractivity (Wildman–Crippen MR) is 84.1 cm³/mol. The Morgan fingerprint density at radius 3 is 2.85 bits per heavy atom. The normalized spacial score (nSPS) is 11.9. The third-order valence-electron chi connectivity index (χ3n) is 2.73. The van der Waals surface area contributed by atoms with E-state index < -0.39 is 0 Å². The summed E-state index contributed by atoms with van der Waals surface area (Å²) in [6.45, 7) is 6.87. The van der Waals surface area contributed by atoms with E-state index in [1.807, 2.05) is 18.2 Å². The molecule has 0 amide bonds. The number of guanidine groups is 1. The maximum atomic E-state index is 5.83. The molecule has 0 bridgehead atoms. The van der Waals surface area contributed by atoms with E-state index in [1.165, 1.54) is 4.88 Å². The van der Waals surface area contributed by atoms with Crippen LogP contribution in [-0.4, -0.2) is 15.9 Å². The zero-order chi connectivity index (χ0) is 14.5. The van der Waals surface area contributed by atoms with Crippen molar-refractivity contribution in [1.29, 1.82) is 0 Å². The molecule has 2 aromatic rings. The van der Waals surface area contributed by atoms with Crippen molar-refractivity contribution in [2.24, 2.45) is 10.7 Å². The molecule has 0 saturated carbocycles. The van der Waals surface area contributed by atoms with Gasteiger partial charge in [0.15, 0.2) is 5.96 Å². The van der Waals surface area contributed by atoms with Crippen LogP contribution in [0.4, 0.5) is 5.82 Å². The average Bonchev–Trinajstić information content (AvgIpc) is 2.79. The number of nitrogens with zero attached hydrogens (tertiary/aromatic N) is 3. The largest absolute Gasteiger partial charge is 0.370 e. The first kappa shape index (κ1) is 14.5. The number of aliphatic imine (C=N–C) groups is 1. The molecule has 0 aromatic carbocycles. The summed E-state index contributed by atoms with van der Waals surface area (Å²) in [7, 11) is 0. The van der Waals surface area contributed by atoms with Gasteiger partial charge in [0, 0.05) is 11.1 Å². The first-order chi connectivity index (χ1) is 9.56. The highest BCUT2D eigenvalue weighted by atomic mass is 32.1. The average molecular weight is 289 g/mol. The van der Waals surface area contributed by atoms with Crippen molar-refractivity contribution in [1.82, 2.24) is 9.97 Å². The van der Waals surface area contributed by atoms with Gasteiger partial charge in [-0.1, -0.05) is 19.9 Å². The number of nitrogens with two attached hydrogens (primary N) is 1. The highest BCUT2D eigenvalue weighted by molar-refractivity contribution is 7.11. The number of pyridine rings is 1. The molecule has 0 aliphatic heterocycles. The number of nitrogens with one attached hydrogen (secondary N) is 1. The Morgan fingerprint density at radius 1 is 1.45 bits per heavy atom. The van der Waals surface area contributed by atoms with Crippen molar-refractivity contribution in [2.45, 2.75) is 33.2 Å². The molecule has 20 heavy (non-hydrogen) atoms. The van der Waals surface area contributed by atoms with E-state index in [0.29, 0.717) is 24.2 Å². The molecular formula is C14H19N5S. The molecule has 0 fully saturated rings. The van der Waals surface area contributed by atoms with Gasteiger partial charge >= 0.3 is 0 Å². The highest BCUT2D eigenvalue weighted by Crippen LogP contribution is 2.24. The number of hydrogen-bond donors (Lipinski definition) is 2. The summed E-state index contributed by atoms with van der Waals surface area (Å²) < 4.78 is 0. The zero-order valence-electron chi connectivity index (χ0n) is 11.9. The van der Waals surface area contributed by atoms with Crippen LogP contribution in [0.5, 0.6) is 0 Å². The molecule has 2 heterocycles. The fraction of sp³-hybridized carbons (Fsp3) is 0.357. The number of hydrogen-bond acceptors (Lipinski definition) is 4. The highest BCUT2D eigenvalue weighted by Gasteiger charge is 2.10. The Hall–Kier alpha value is -1.95. The summed E-state index contributed by atoms with van der Waals surface area (Å²) in [6, 6.07) is 5.58. The third-order valence-corrected chi connectivity index (χ3v) is 3.70. The smallest absolute Gasteiger partial charge is 0.194 e. The summed E-state index contributed by atoms with van der Waals surface area (Å²) in [6.07, 6.45) is 1.70. The van der Waals surface area contributed by atoms with E-state index in [4.69, 9.17) is 5.73 Å². The molecule has 0 saturated heterocycles. The van der Waals surface area contributed by atoms with Crippen molar-refractivity contribution in [3.8, 4) is 0 Å². The Bertz CT molecular complexity index is 589. The summed E-state index contributed by atoms with van der Waals surface area (Å²) in [5, 5.41) is 3.93. The monoisotopic (exact) mass is 289 g/mol. The Labute approximate surface area is 123 Å². The second kappa shape index (κ2) is 6.47. The van der Waals surface area contributed by atoms with Crippen LogP contribution in [0.25, 0.3) is 0 Å². The molecule has 0 unspecified atom stereocenters. The topological polar surface area (TPSA) is 76.2 Å². The Balaban J connectivity index is 2.00. The Kier molecular flexibility index (Phi) is 4.68. The first-order valence-corrected chi connectivity index (χ1v) is 7.32. The standard InChI is InChI=1S/C14H19N5S/c1-9(2)13-10(3)20-12(19-13)8-17-14(15)18-11-6-4-5-7-16-11/h4-7,9H,8H2,1-3H3,(H3,15,16,17,18). The van der Waals surface area contributed by atoms with Gasteiger partial charge in [0.1, 0.15) is 10.8 Å². The summed E-state index contributed by atoms with van der Waals surface area (Å²) >= 11 is 1.67. The summed E-state index contributed by atoms with van der Waals surface area (Å²) in [5.41, 5.74) is 6.98. The number of thiazole rings is 1. The molecule has 0 aliphatic rings. The fourth-order valence-electron chi connectivity index (χ4n) is 1.83. The molecule has 2 aromatic heterocycles. The lowest BCUT2D eigenvalue weighted by Crippen LogP contribution is -2.23. The molecule has 106 valence electrons. The molecule has 3 N–H and O–H groups in total. The lowest BCUT2D eigenvalue weighted by atomic mass is 10.1. The van der Waals surface area contributed by atoms with Crippen molar-refractivity contribution in [3.63, 3.8) is 0 Å². The fourth-order valence-corrected chi connectivity index (χ4v) is 2.84. The zero-order valence-corrected chi connectivity index (χ0v) is 12.7. The number of aromatic nitrogens is 2. The Morgan fingerprint density at radius 2 is 2.25 bits per heavy atom. The van der Waals surface area contributed by atoms with Crippen LogP contribution >= 0.6 is 11.3 Å². The second-order valence-corrected chi connectivity index (χ2v) is 6.03. The van der Waals surface area contributed by atoms with Crippen molar-refractivity contribution >= 4 is 23.1 Å². The van der Waals surface area contributed by atoms with Gasteiger partial charge in [-0.3, -0.25) is 0 Å². The van der Waals surface area contributed by atoms with Gasteiger partial charge in [0.05, 0.1) is 12.2 Å². The van der Waals surface area contributed by atoms with Crippen LogP contribution in [-0.2, 0) is 6.54 Å². The van der Waals surface area contributed by atoms with Gasteiger partial charge in [-0.25, -0.2) is 15.0 Å². The van der Waals surface area contributed by atoms with E-state index in [2.05, 4.69) is 41.0 Å². The van der Waals surface area contributed by atoms with E-state index in [1.54, 1.807) is 17.5 Å². The summed E-state index contributed by atoms with van der Waals surface area (Å²) in [5.74, 6) is 1.47. The quantitative estimate of drug-likeness (QED) is 0.670. The molecule has 2 rings (SSSR count). The van der Waals surface area contributed by atoms with Crippen molar-refractivity contribution < 1.29 is 0 Å². The van der Waals surface area contributed by atoms with Crippen LogP contribution in [0.2, 0.25) is 0 Å². The molecule has 6 heteroatoms. The molecule has 0 atom stereocenters. The number of aryl methyl sites for hydroxylation is 1. The molecule has 0 aliphatic carbocycles. The third kappa shape index (κ3) is 3.77. The minimum atomic E-state index is 0.350. The minimum Gasteiger partial charge on any atom is -0.370 e. The van der Waals surface area contributed by atoms with Crippen LogP contribution < -0.4 is 11.1 Å². The number of anilines is 1. The minimum absolute atomic E-state index is 0.350. The van der Waals surface area contributed by atoms with E-state index in [0.717, 1.165) is 10.7 Å². The molecule has 0 radical (unpaired) electrons. The molecule has 0 spiro atoms. The van der Waals surface area contributed by atoms with Crippen molar-refractivity contribution in [3.05, 3.63) is 40.0 Å². The van der Waals surface area contributed by atoms with Crippen LogP contribution in [0.1, 0.15) is 35.3 Å². The van der Waals surface area contributed by atoms with Gasteiger partial charge in [-0.2, -0.15) is 0 Å². The molecule has 5 nitrogen and oxygen atoms in total. The molecular weight excluding hydrogens is 270 g/mol. The van der Waals surface area contributed by atoms with Gasteiger partial charge in [-0.05, 0) is 25.0 Å². The lowest BCUT2D eigenvalue weighted by molar-refractivity contribution is 0.814. The maximum Gasteiger partial charge on any atom is 0.194 e. The van der Waals surface area contributed by atoms with Crippen LogP contribution in [0, 0.1) is 6.92 Å². The van der Waals surface area contributed by atoms with E-state index >= 15 is 0 Å². The van der Waals surface area contributed by atoms with Gasteiger partial charge in [0.25, 0.3) is 0 Å². The van der Waals surface area contributed by atoms with Crippen molar-refractivity contribution in [2.75, 3.05) is 5.32 Å². The SMILES string of the molecule is Cc1sc(CN=C(N)Nc2ccccn2)nc1C(C)C. The van der Waals surface area contributed by atoms with E-state index in [-0.39, 0.29) is 0 Å². The maximum absolute atomic E-state index is 5.83. The predicted octanol–water partition coefficient (Wildman–Crippen LogP) is 2.90. The number of rotatable bonds is 4. The summed E-state index contributed by atoms with van der Waals surface area (Å²) in [4.78, 5) is 14.3. The second-order valence-electron chi connectivity index (χ2n) is 4.75. The van der Waals surface area contributed by atoms with Crippen LogP contribution in [0.3, 0.4) is 0 Å². The van der Waals surface area contributed by atoms with Crippen LogP contribution in [0.15, 0.2) is 29.4 Å². The van der Waals surface area contributed by atoms with Gasteiger partial charge < -0.3 is 11.1 Å². The van der Waals surface area contributed by atoms with Gasteiger partial charge in [-0.15, -0.1) is 11.3 Å². The van der Waals surface area contributed by atoms with Gasteiger partial charge in [0.2, 0.25) is 0 Å². The van der Waals surface area contributed by atoms with E-state index in [9.17, 15) is 0 Å².